The van der Waals surface area contributed by atoms with E-state index in [2.05, 4.69) is 10.2 Å². The molecule has 1 fully saturated rings. The molecule has 1 aromatic heterocycles. The van der Waals surface area contributed by atoms with Gasteiger partial charge in [0, 0.05) is 43.0 Å². The molecule has 2 heterocycles. The molecule has 3 N–H and O–H groups in total. The van der Waals surface area contributed by atoms with Crippen molar-refractivity contribution in [2.24, 2.45) is 0 Å². The third-order valence-electron chi connectivity index (χ3n) is 4.96. The van der Waals surface area contributed by atoms with Gasteiger partial charge in [-0.2, -0.15) is 0 Å². The normalized spacial score (nSPS) is 14.8. The molecule has 2 aromatic carbocycles. The number of nitrogens with one attached hydrogen (secondary N) is 1. The van der Waals surface area contributed by atoms with Crippen LogP contribution in [-0.4, -0.2) is 43.5 Å². The van der Waals surface area contributed by atoms with Crippen LogP contribution in [0, 0.1) is 0 Å². The van der Waals surface area contributed by atoms with Crippen LogP contribution in [0.15, 0.2) is 45.6 Å². The van der Waals surface area contributed by atoms with Gasteiger partial charge in [0.25, 0.3) is 0 Å². The number of hydrogen-bond donors (Lipinski definition) is 3. The lowest BCUT2D eigenvalue weighted by Gasteiger charge is -2.22. The van der Waals surface area contributed by atoms with Crippen LogP contribution >= 0.6 is 0 Å². The molecule has 28 heavy (non-hydrogen) atoms. The van der Waals surface area contributed by atoms with Crippen molar-refractivity contribution < 1.29 is 19.4 Å². The quantitative estimate of drug-likeness (QED) is 0.641. The van der Waals surface area contributed by atoms with Gasteiger partial charge in [-0.25, -0.2) is 0 Å². The maximum absolute atomic E-state index is 12.6. The predicted molar refractivity (Wildman–Crippen MR) is 108 cm³/mol. The van der Waals surface area contributed by atoms with Gasteiger partial charge in [0.2, 0.25) is 5.75 Å². The molecule has 0 aliphatic carbocycles. The summed E-state index contributed by atoms with van der Waals surface area (Å²) in [6, 6.07) is 10.2. The predicted octanol–water partition coefficient (Wildman–Crippen LogP) is 2.68. The van der Waals surface area contributed by atoms with Crippen LogP contribution < -0.4 is 20.4 Å². The van der Waals surface area contributed by atoms with Crippen molar-refractivity contribution in [3.8, 4) is 28.6 Å². The lowest BCUT2D eigenvalue weighted by atomic mass is 10.1. The molecule has 1 aliphatic rings. The lowest BCUT2D eigenvalue weighted by Crippen LogP contribution is -2.27. The zero-order valence-electron chi connectivity index (χ0n) is 15.6. The molecular formula is C21H22N2O5. The molecule has 0 radical (unpaired) electrons. The first-order valence-electron chi connectivity index (χ1n) is 9.21. The number of anilines is 1. The molecule has 0 saturated carbocycles. The van der Waals surface area contributed by atoms with E-state index in [1.807, 2.05) is 24.3 Å². The van der Waals surface area contributed by atoms with Crippen molar-refractivity contribution in [1.29, 1.82) is 0 Å². The molecule has 0 amide bonds. The highest BCUT2D eigenvalue weighted by Gasteiger charge is 2.19. The molecule has 146 valence electrons. The lowest BCUT2D eigenvalue weighted by molar-refractivity contribution is 0.367. The molecule has 7 nitrogen and oxygen atoms in total. The Morgan fingerprint density at radius 1 is 1.11 bits per heavy atom. The monoisotopic (exact) mass is 382 g/mol. The van der Waals surface area contributed by atoms with Crippen LogP contribution in [-0.2, 0) is 0 Å². The molecule has 0 spiro atoms. The van der Waals surface area contributed by atoms with Gasteiger partial charge >= 0.3 is 0 Å². The molecule has 0 unspecified atom stereocenters. The van der Waals surface area contributed by atoms with E-state index in [1.165, 1.54) is 13.2 Å². The van der Waals surface area contributed by atoms with Gasteiger partial charge in [-0.1, -0.05) is 12.1 Å². The minimum atomic E-state index is -0.406. The minimum absolute atomic E-state index is 0.0153. The highest BCUT2D eigenvalue weighted by Crippen LogP contribution is 2.40. The van der Waals surface area contributed by atoms with Crippen LogP contribution in [0.3, 0.4) is 0 Å². The van der Waals surface area contributed by atoms with E-state index >= 15 is 0 Å². The van der Waals surface area contributed by atoms with Gasteiger partial charge in [-0.15, -0.1) is 0 Å². The Morgan fingerprint density at radius 2 is 1.96 bits per heavy atom. The second-order valence-corrected chi connectivity index (χ2v) is 6.77. The number of aromatic hydroxyl groups is 2. The molecule has 0 bridgehead atoms. The molecular weight excluding hydrogens is 360 g/mol. The minimum Gasteiger partial charge on any atom is -0.507 e. The standard InChI is InChI=1S/C21H22N2O5/c1-27-20-17(26)11-15(24)19-16(25)12-18(28-21(19)20)13-4-2-5-14(10-13)23-8-3-6-22-7-9-23/h2,4-5,10-12,22,24,26H,3,6-9H2,1H3. The summed E-state index contributed by atoms with van der Waals surface area (Å²) in [7, 11) is 1.37. The Bertz CT molecular complexity index is 1070. The smallest absolute Gasteiger partial charge is 0.204 e. The maximum atomic E-state index is 12.6. The van der Waals surface area contributed by atoms with Crippen molar-refractivity contribution in [1.82, 2.24) is 5.32 Å². The number of fused-ring (bicyclic) bond motifs is 1. The first kappa shape index (κ1) is 18.2. The number of nitrogens with zero attached hydrogens (tertiary/aromatic N) is 1. The number of methoxy groups -OCH3 is 1. The first-order valence-corrected chi connectivity index (χ1v) is 9.21. The number of ether oxygens (including phenoxy) is 1. The largest absolute Gasteiger partial charge is 0.507 e. The summed E-state index contributed by atoms with van der Waals surface area (Å²) in [5.74, 6) is -0.282. The molecule has 1 aliphatic heterocycles. The maximum Gasteiger partial charge on any atom is 0.204 e. The fourth-order valence-corrected chi connectivity index (χ4v) is 3.58. The average molecular weight is 382 g/mol. The van der Waals surface area contributed by atoms with Crippen LogP contribution in [0.4, 0.5) is 5.69 Å². The van der Waals surface area contributed by atoms with Crippen LogP contribution in [0.2, 0.25) is 0 Å². The van der Waals surface area contributed by atoms with Crippen LogP contribution in [0.1, 0.15) is 6.42 Å². The van der Waals surface area contributed by atoms with Crippen molar-refractivity contribution in [2.45, 2.75) is 6.42 Å². The summed E-state index contributed by atoms with van der Waals surface area (Å²) >= 11 is 0. The topological polar surface area (TPSA) is 95.2 Å². The number of hydrogen-bond acceptors (Lipinski definition) is 7. The average Bonchev–Trinajstić information content (AvgIpc) is 2.97. The van der Waals surface area contributed by atoms with Gasteiger partial charge in [0.05, 0.1) is 7.11 Å². The Morgan fingerprint density at radius 3 is 2.79 bits per heavy atom. The first-order chi connectivity index (χ1) is 13.6. The third kappa shape index (κ3) is 3.25. The Kier molecular flexibility index (Phi) is 4.83. The van der Waals surface area contributed by atoms with Crippen LogP contribution in [0.5, 0.6) is 17.2 Å². The van der Waals surface area contributed by atoms with Gasteiger partial charge in [-0.05, 0) is 25.1 Å². The van der Waals surface area contributed by atoms with Crippen molar-refractivity contribution in [2.75, 3.05) is 38.2 Å². The van der Waals surface area contributed by atoms with E-state index in [1.54, 1.807) is 0 Å². The fourth-order valence-electron chi connectivity index (χ4n) is 3.58. The summed E-state index contributed by atoms with van der Waals surface area (Å²) < 4.78 is 11.1. The SMILES string of the molecule is COc1c(O)cc(O)c2c(=O)cc(-c3cccc(N4CCCNCC4)c3)oc12. The summed E-state index contributed by atoms with van der Waals surface area (Å²) in [5.41, 5.74) is 1.40. The van der Waals surface area contributed by atoms with Gasteiger partial charge in [0.15, 0.2) is 16.8 Å². The number of phenolic OH excluding ortho intramolecular Hbond substituents is 2. The third-order valence-corrected chi connectivity index (χ3v) is 4.96. The van der Waals surface area contributed by atoms with Gasteiger partial charge in [0.1, 0.15) is 16.9 Å². The van der Waals surface area contributed by atoms with Crippen molar-refractivity contribution in [3.05, 3.63) is 46.6 Å². The zero-order chi connectivity index (χ0) is 19.7. The van der Waals surface area contributed by atoms with E-state index in [0.717, 1.165) is 49.9 Å². The summed E-state index contributed by atoms with van der Waals surface area (Å²) in [5, 5.41) is 23.5. The molecule has 1 saturated heterocycles. The van der Waals surface area contributed by atoms with Crippen molar-refractivity contribution in [3.63, 3.8) is 0 Å². The molecule has 3 aromatic rings. The molecule has 4 rings (SSSR count). The number of phenols is 2. The molecule has 7 heteroatoms. The number of benzene rings is 2. The second kappa shape index (κ2) is 7.44. The van der Waals surface area contributed by atoms with E-state index in [0.29, 0.717) is 5.76 Å². The van der Waals surface area contributed by atoms with Gasteiger partial charge in [-0.3, -0.25) is 4.79 Å². The highest BCUT2D eigenvalue weighted by atomic mass is 16.5. The second-order valence-electron chi connectivity index (χ2n) is 6.77. The summed E-state index contributed by atoms with van der Waals surface area (Å²) in [4.78, 5) is 14.9. The molecule has 0 atom stereocenters. The summed E-state index contributed by atoms with van der Waals surface area (Å²) in [6.07, 6.45) is 1.06. The van der Waals surface area contributed by atoms with E-state index in [9.17, 15) is 15.0 Å². The van der Waals surface area contributed by atoms with E-state index in [4.69, 9.17) is 9.15 Å². The Balaban J connectivity index is 1.83. The van der Waals surface area contributed by atoms with E-state index < -0.39 is 5.43 Å². The Hall–Kier alpha value is -3.19. The summed E-state index contributed by atoms with van der Waals surface area (Å²) in [6.45, 7) is 3.78. The van der Waals surface area contributed by atoms with Crippen LogP contribution in [0.25, 0.3) is 22.3 Å². The van der Waals surface area contributed by atoms with Crippen molar-refractivity contribution >= 4 is 16.7 Å². The zero-order valence-corrected chi connectivity index (χ0v) is 15.6. The highest BCUT2D eigenvalue weighted by molar-refractivity contribution is 5.91. The Labute approximate surface area is 161 Å². The van der Waals surface area contributed by atoms with Gasteiger partial charge < -0.3 is 29.6 Å². The van der Waals surface area contributed by atoms with E-state index in [-0.39, 0.29) is 28.2 Å². The number of rotatable bonds is 3. The fraction of sp³-hybridized carbons (Fsp3) is 0.286.